The molecule has 0 aliphatic heterocycles. The van der Waals surface area contributed by atoms with Gasteiger partial charge in [-0.05, 0) is 19.1 Å². The molecule has 3 nitrogen and oxygen atoms in total. The van der Waals surface area contributed by atoms with Gasteiger partial charge in [0.25, 0.3) is 5.24 Å². The summed E-state index contributed by atoms with van der Waals surface area (Å²) in [5, 5.41) is 3.02. The molecule has 0 aromatic heterocycles. The smallest absolute Gasteiger partial charge is 0.279 e. The number of amides is 1. The topological polar surface area (TPSA) is 38.3 Å². The Labute approximate surface area is 83.6 Å². The van der Waals surface area contributed by atoms with Gasteiger partial charge in [-0.15, -0.1) is 0 Å². The minimum absolute atomic E-state index is 0.0500. The number of nitrogens with one attached hydrogen (secondary N) is 1. The quantitative estimate of drug-likeness (QED) is 0.746. The van der Waals surface area contributed by atoms with E-state index in [0.717, 1.165) is 12.8 Å². The molecule has 2 atom stereocenters. The molecule has 4 heteroatoms. The van der Waals surface area contributed by atoms with Gasteiger partial charge in [0.15, 0.2) is 0 Å². The molecule has 76 valence electrons. The van der Waals surface area contributed by atoms with E-state index in [1.54, 1.807) is 13.4 Å². The Bertz CT molecular complexity index is 175. The first-order chi connectivity index (χ1) is 6.27. The number of hydrogen-bond donors (Lipinski definition) is 1. The Morgan fingerprint density at radius 1 is 1.46 bits per heavy atom. The Morgan fingerprint density at radius 2 is 2.15 bits per heavy atom. The number of carbonyl (C=O) groups excluding carboxylic acids is 1. The number of carbonyl (C=O) groups is 1. The number of methoxy groups -OCH3 is 1. The molecule has 1 aliphatic carbocycles. The van der Waals surface area contributed by atoms with Gasteiger partial charge in [-0.25, -0.2) is 0 Å². The molecule has 0 aromatic carbocycles. The molecule has 0 saturated heterocycles. The van der Waals surface area contributed by atoms with Gasteiger partial charge < -0.3 is 10.1 Å². The summed E-state index contributed by atoms with van der Waals surface area (Å²) in [7, 11) is 1.72. The number of thioether (sulfide) groups is 1. The fraction of sp³-hybridized carbons (Fsp3) is 0.889. The van der Waals surface area contributed by atoms with Crippen molar-refractivity contribution in [1.82, 2.24) is 5.32 Å². The lowest BCUT2D eigenvalue weighted by Gasteiger charge is -2.30. The summed E-state index contributed by atoms with van der Waals surface area (Å²) in [5.74, 6) is 0. The van der Waals surface area contributed by atoms with E-state index < -0.39 is 0 Å². The van der Waals surface area contributed by atoms with Crippen molar-refractivity contribution in [2.45, 2.75) is 37.8 Å². The molecule has 0 radical (unpaired) electrons. The van der Waals surface area contributed by atoms with Crippen LogP contribution < -0.4 is 5.32 Å². The molecule has 0 heterocycles. The first kappa shape index (κ1) is 10.9. The maximum atomic E-state index is 11.1. The largest absolute Gasteiger partial charge is 0.379 e. The van der Waals surface area contributed by atoms with E-state index in [-0.39, 0.29) is 17.4 Å². The van der Waals surface area contributed by atoms with Crippen molar-refractivity contribution in [2.24, 2.45) is 0 Å². The average molecular weight is 203 g/mol. The fourth-order valence-corrected chi connectivity index (χ4v) is 2.02. The van der Waals surface area contributed by atoms with Crippen molar-refractivity contribution in [2.75, 3.05) is 13.4 Å². The van der Waals surface area contributed by atoms with E-state index in [1.807, 2.05) is 0 Å². The predicted molar refractivity (Wildman–Crippen MR) is 55.1 cm³/mol. The number of rotatable bonds is 2. The van der Waals surface area contributed by atoms with Crippen molar-refractivity contribution in [3.05, 3.63) is 0 Å². The van der Waals surface area contributed by atoms with E-state index in [0.29, 0.717) is 0 Å². The van der Waals surface area contributed by atoms with Crippen LogP contribution in [0.1, 0.15) is 25.7 Å². The molecule has 1 saturated carbocycles. The van der Waals surface area contributed by atoms with E-state index in [4.69, 9.17) is 4.74 Å². The van der Waals surface area contributed by atoms with Crippen LogP contribution in [0.4, 0.5) is 4.79 Å². The Hall–Kier alpha value is -0.220. The third-order valence-electron chi connectivity index (χ3n) is 2.49. The Morgan fingerprint density at radius 3 is 2.77 bits per heavy atom. The average Bonchev–Trinajstić information content (AvgIpc) is 2.18. The standard InChI is InChI=1S/C9H17NO2S/c1-12-8-6-4-3-5-7(8)10-9(11)13-2/h7-8H,3-6H2,1-2H3,(H,10,11)/t7-,8+/m1/s1. The second-order valence-corrected chi connectivity index (χ2v) is 4.08. The highest BCUT2D eigenvalue weighted by Crippen LogP contribution is 2.21. The molecule has 1 N–H and O–H groups in total. The minimum atomic E-state index is 0.0500. The van der Waals surface area contributed by atoms with Crippen molar-refractivity contribution in [3.8, 4) is 0 Å². The molecular formula is C9H17NO2S. The third kappa shape index (κ3) is 3.19. The summed E-state index contributed by atoms with van der Waals surface area (Å²) in [6.07, 6.45) is 6.52. The molecule has 1 aliphatic rings. The van der Waals surface area contributed by atoms with Crippen LogP contribution in [0.3, 0.4) is 0 Å². The van der Waals surface area contributed by atoms with Crippen LogP contribution in [0, 0.1) is 0 Å². The second kappa shape index (κ2) is 5.50. The fourth-order valence-electron chi connectivity index (χ4n) is 1.75. The molecule has 0 aromatic rings. The Balaban J connectivity index is 2.40. The van der Waals surface area contributed by atoms with Crippen molar-refractivity contribution in [1.29, 1.82) is 0 Å². The van der Waals surface area contributed by atoms with Crippen LogP contribution in [-0.4, -0.2) is 30.8 Å². The zero-order valence-electron chi connectivity index (χ0n) is 8.21. The first-order valence-corrected chi connectivity index (χ1v) is 5.87. The van der Waals surface area contributed by atoms with Gasteiger partial charge in [-0.1, -0.05) is 24.6 Å². The van der Waals surface area contributed by atoms with Gasteiger partial charge >= 0.3 is 0 Å². The highest BCUT2D eigenvalue weighted by molar-refractivity contribution is 8.12. The second-order valence-electron chi connectivity index (χ2n) is 3.30. The highest BCUT2D eigenvalue weighted by Gasteiger charge is 2.25. The van der Waals surface area contributed by atoms with Crippen LogP contribution in [0.15, 0.2) is 0 Å². The third-order valence-corrected chi connectivity index (χ3v) is 2.98. The van der Waals surface area contributed by atoms with Crippen molar-refractivity contribution < 1.29 is 9.53 Å². The van der Waals surface area contributed by atoms with Gasteiger partial charge in [0.1, 0.15) is 0 Å². The summed E-state index contributed by atoms with van der Waals surface area (Å²) >= 11 is 1.23. The normalized spacial score (nSPS) is 28.5. The molecule has 1 fully saturated rings. The summed E-state index contributed by atoms with van der Waals surface area (Å²) < 4.78 is 5.33. The van der Waals surface area contributed by atoms with Gasteiger partial charge in [0, 0.05) is 7.11 Å². The SMILES string of the molecule is CO[C@H]1CCCC[C@H]1NC(=O)SC. The van der Waals surface area contributed by atoms with Gasteiger partial charge in [0.2, 0.25) is 0 Å². The number of hydrogen-bond acceptors (Lipinski definition) is 3. The summed E-state index contributed by atoms with van der Waals surface area (Å²) in [4.78, 5) is 11.1. The van der Waals surface area contributed by atoms with Crippen LogP contribution in [0.5, 0.6) is 0 Å². The molecule has 1 rings (SSSR count). The number of ether oxygens (including phenoxy) is 1. The van der Waals surface area contributed by atoms with Crippen molar-refractivity contribution in [3.63, 3.8) is 0 Å². The van der Waals surface area contributed by atoms with Crippen LogP contribution in [0.25, 0.3) is 0 Å². The monoisotopic (exact) mass is 203 g/mol. The predicted octanol–water partition coefficient (Wildman–Crippen LogP) is 2.02. The summed E-state index contributed by atoms with van der Waals surface area (Å²) in [6, 6.07) is 0.221. The summed E-state index contributed by atoms with van der Waals surface area (Å²) in [6.45, 7) is 0. The molecule has 1 amide bonds. The van der Waals surface area contributed by atoms with Crippen LogP contribution >= 0.6 is 11.8 Å². The first-order valence-electron chi connectivity index (χ1n) is 4.65. The minimum Gasteiger partial charge on any atom is -0.379 e. The molecule has 13 heavy (non-hydrogen) atoms. The molecular weight excluding hydrogens is 186 g/mol. The zero-order chi connectivity index (χ0) is 9.68. The van der Waals surface area contributed by atoms with Gasteiger partial charge in [-0.2, -0.15) is 0 Å². The van der Waals surface area contributed by atoms with Gasteiger partial charge in [0.05, 0.1) is 12.1 Å². The molecule has 0 bridgehead atoms. The van der Waals surface area contributed by atoms with Crippen molar-refractivity contribution >= 4 is 17.0 Å². The van der Waals surface area contributed by atoms with Crippen LogP contribution in [0.2, 0.25) is 0 Å². The maximum Gasteiger partial charge on any atom is 0.279 e. The Kier molecular flexibility index (Phi) is 4.59. The van der Waals surface area contributed by atoms with E-state index >= 15 is 0 Å². The highest BCUT2D eigenvalue weighted by atomic mass is 32.2. The zero-order valence-corrected chi connectivity index (χ0v) is 9.02. The molecule has 0 spiro atoms. The van der Waals surface area contributed by atoms with Crippen LogP contribution in [-0.2, 0) is 4.74 Å². The summed E-state index contributed by atoms with van der Waals surface area (Å²) in [5.41, 5.74) is 0. The van der Waals surface area contributed by atoms with Gasteiger partial charge in [-0.3, -0.25) is 4.79 Å². The lowest BCUT2D eigenvalue weighted by atomic mass is 9.93. The lowest BCUT2D eigenvalue weighted by Crippen LogP contribution is -2.44. The lowest BCUT2D eigenvalue weighted by molar-refractivity contribution is 0.0465. The van der Waals surface area contributed by atoms with E-state index in [2.05, 4.69) is 5.32 Å². The molecule has 0 unspecified atom stereocenters. The van der Waals surface area contributed by atoms with E-state index in [9.17, 15) is 4.79 Å². The maximum absolute atomic E-state index is 11.1. The van der Waals surface area contributed by atoms with E-state index in [1.165, 1.54) is 24.6 Å².